The Morgan fingerprint density at radius 3 is 2.88 bits per heavy atom. The quantitative estimate of drug-likeness (QED) is 0.486. The molecule has 1 fully saturated rings. The van der Waals surface area contributed by atoms with Crippen LogP contribution in [-0.2, 0) is 28.4 Å². The molecule has 1 aromatic heterocycles. The van der Waals surface area contributed by atoms with Crippen molar-refractivity contribution in [2.24, 2.45) is 0 Å². The molecular formula is C23H24FN3O4S. The summed E-state index contributed by atoms with van der Waals surface area (Å²) in [7, 11) is 1.64. The van der Waals surface area contributed by atoms with Gasteiger partial charge < -0.3 is 18.9 Å². The van der Waals surface area contributed by atoms with E-state index in [4.69, 9.17) is 18.9 Å². The van der Waals surface area contributed by atoms with E-state index in [-0.39, 0.29) is 18.7 Å². The number of hydrogen-bond acceptors (Lipinski definition) is 7. The van der Waals surface area contributed by atoms with Crippen molar-refractivity contribution in [2.75, 3.05) is 20.5 Å². The van der Waals surface area contributed by atoms with Gasteiger partial charge in [-0.05, 0) is 49.2 Å². The van der Waals surface area contributed by atoms with Gasteiger partial charge in [0.15, 0.2) is 17.8 Å². The van der Waals surface area contributed by atoms with Crippen molar-refractivity contribution >= 4 is 11.8 Å². The van der Waals surface area contributed by atoms with Gasteiger partial charge >= 0.3 is 0 Å². The number of aromatic nitrogens is 3. The zero-order valence-corrected chi connectivity index (χ0v) is 18.6. The molecule has 0 bridgehead atoms. The van der Waals surface area contributed by atoms with Gasteiger partial charge in [-0.25, -0.2) is 4.39 Å². The smallest absolute Gasteiger partial charge is 0.191 e. The van der Waals surface area contributed by atoms with Crippen LogP contribution >= 0.6 is 11.8 Å². The van der Waals surface area contributed by atoms with Crippen molar-refractivity contribution in [3.05, 3.63) is 53.3 Å². The van der Waals surface area contributed by atoms with Crippen LogP contribution in [0.1, 0.15) is 24.0 Å². The highest BCUT2D eigenvalue weighted by atomic mass is 32.2. The van der Waals surface area contributed by atoms with Crippen LogP contribution in [0.25, 0.3) is 11.4 Å². The monoisotopic (exact) mass is 457 g/mol. The molecule has 9 heteroatoms. The standard InChI is InChI=1S/C23H24FN3O4S/c1-28-19-6-4-15(5-7-19)22-25-26-23(27(22)11-20-3-2-8-30-20)32-13-17-10-18(24)9-16-12-29-14-31-21(16)17/h4-7,9-10,20H,2-3,8,11-14H2,1H3/t20-/m1/s1. The third-order valence-corrected chi connectivity index (χ3v) is 6.60. The summed E-state index contributed by atoms with van der Waals surface area (Å²) >= 11 is 1.51. The van der Waals surface area contributed by atoms with E-state index < -0.39 is 0 Å². The number of thioether (sulfide) groups is 1. The fourth-order valence-corrected chi connectivity index (χ4v) is 4.93. The third-order valence-electron chi connectivity index (χ3n) is 5.58. The topological polar surface area (TPSA) is 67.6 Å². The molecule has 5 rings (SSSR count). The molecule has 168 valence electrons. The van der Waals surface area contributed by atoms with E-state index in [0.29, 0.717) is 24.7 Å². The SMILES string of the molecule is COc1ccc(-c2nnc(SCc3cc(F)cc4c3OCOC4)n2C[C@H]2CCCO2)cc1. The maximum absolute atomic E-state index is 14.1. The minimum absolute atomic E-state index is 0.129. The molecule has 0 spiro atoms. The molecule has 3 aromatic rings. The number of rotatable bonds is 7. The molecule has 0 radical (unpaired) electrons. The van der Waals surface area contributed by atoms with Gasteiger partial charge in [0.1, 0.15) is 17.3 Å². The Balaban J connectivity index is 1.43. The Morgan fingerprint density at radius 1 is 1.22 bits per heavy atom. The second-order valence-electron chi connectivity index (χ2n) is 7.73. The molecule has 1 saturated heterocycles. The number of nitrogens with zero attached hydrogens (tertiary/aromatic N) is 3. The van der Waals surface area contributed by atoms with Crippen LogP contribution in [0.5, 0.6) is 11.5 Å². The predicted molar refractivity (Wildman–Crippen MR) is 117 cm³/mol. The van der Waals surface area contributed by atoms with Crippen LogP contribution in [0.4, 0.5) is 4.39 Å². The highest BCUT2D eigenvalue weighted by Gasteiger charge is 2.23. The van der Waals surface area contributed by atoms with E-state index in [1.807, 2.05) is 24.3 Å². The molecule has 0 unspecified atom stereocenters. The first-order chi connectivity index (χ1) is 15.7. The predicted octanol–water partition coefficient (Wildman–Crippen LogP) is 4.43. The van der Waals surface area contributed by atoms with Gasteiger partial charge in [0.25, 0.3) is 0 Å². The summed E-state index contributed by atoms with van der Waals surface area (Å²) in [5.74, 6) is 2.47. The van der Waals surface area contributed by atoms with Gasteiger partial charge in [-0.3, -0.25) is 4.57 Å². The lowest BCUT2D eigenvalue weighted by atomic mass is 10.1. The molecule has 2 aromatic carbocycles. The normalized spacial score (nSPS) is 17.8. The Hall–Kier alpha value is -2.62. The fourth-order valence-electron chi connectivity index (χ4n) is 4.01. The highest BCUT2D eigenvalue weighted by Crippen LogP contribution is 2.35. The van der Waals surface area contributed by atoms with E-state index in [9.17, 15) is 4.39 Å². The summed E-state index contributed by atoms with van der Waals surface area (Å²) in [6.07, 6.45) is 2.20. The van der Waals surface area contributed by atoms with Gasteiger partial charge in [0, 0.05) is 29.1 Å². The van der Waals surface area contributed by atoms with Gasteiger partial charge in [-0.15, -0.1) is 10.2 Å². The first kappa shape index (κ1) is 21.2. The largest absolute Gasteiger partial charge is 0.497 e. The average Bonchev–Trinajstić information content (AvgIpc) is 3.48. The molecule has 32 heavy (non-hydrogen) atoms. The molecule has 0 saturated carbocycles. The molecule has 2 aliphatic rings. The zero-order valence-electron chi connectivity index (χ0n) is 17.8. The van der Waals surface area contributed by atoms with Crippen LogP contribution in [0.3, 0.4) is 0 Å². The van der Waals surface area contributed by atoms with Gasteiger partial charge in [-0.1, -0.05) is 11.8 Å². The Bertz CT molecular complexity index is 1080. The molecule has 2 aliphatic heterocycles. The van der Waals surface area contributed by atoms with Crippen LogP contribution in [0.2, 0.25) is 0 Å². The molecule has 3 heterocycles. The summed E-state index contributed by atoms with van der Waals surface area (Å²) in [5, 5.41) is 9.69. The van der Waals surface area contributed by atoms with Crippen molar-refractivity contribution in [1.29, 1.82) is 0 Å². The first-order valence-electron chi connectivity index (χ1n) is 10.5. The van der Waals surface area contributed by atoms with E-state index in [2.05, 4.69) is 14.8 Å². The minimum Gasteiger partial charge on any atom is -0.497 e. The molecule has 0 aliphatic carbocycles. The van der Waals surface area contributed by atoms with Crippen molar-refractivity contribution in [1.82, 2.24) is 14.8 Å². The lowest BCUT2D eigenvalue weighted by molar-refractivity contribution is -0.0171. The summed E-state index contributed by atoms with van der Waals surface area (Å²) in [4.78, 5) is 0. The second-order valence-corrected chi connectivity index (χ2v) is 8.68. The van der Waals surface area contributed by atoms with Crippen LogP contribution in [0.15, 0.2) is 41.6 Å². The molecule has 7 nitrogen and oxygen atoms in total. The van der Waals surface area contributed by atoms with Gasteiger partial charge in [0.2, 0.25) is 0 Å². The molecule has 0 N–H and O–H groups in total. The summed E-state index contributed by atoms with van der Waals surface area (Å²) in [6, 6.07) is 10.7. The minimum atomic E-state index is -0.298. The molecule has 1 atom stereocenters. The number of hydrogen-bond donors (Lipinski definition) is 0. The second kappa shape index (κ2) is 9.48. The summed E-state index contributed by atoms with van der Waals surface area (Å²) < 4.78 is 38.3. The summed E-state index contributed by atoms with van der Waals surface area (Å²) in [6.45, 7) is 1.97. The van der Waals surface area contributed by atoms with E-state index in [0.717, 1.165) is 52.9 Å². The van der Waals surface area contributed by atoms with Crippen molar-refractivity contribution in [3.63, 3.8) is 0 Å². The van der Waals surface area contributed by atoms with Crippen LogP contribution in [-0.4, -0.2) is 41.4 Å². The van der Waals surface area contributed by atoms with E-state index in [1.165, 1.54) is 23.9 Å². The maximum Gasteiger partial charge on any atom is 0.191 e. The van der Waals surface area contributed by atoms with Crippen molar-refractivity contribution in [3.8, 4) is 22.9 Å². The van der Waals surface area contributed by atoms with E-state index >= 15 is 0 Å². The first-order valence-corrected chi connectivity index (χ1v) is 11.5. The van der Waals surface area contributed by atoms with Crippen molar-refractivity contribution in [2.45, 2.75) is 43.0 Å². The summed E-state index contributed by atoms with van der Waals surface area (Å²) in [5.41, 5.74) is 2.46. The number of ether oxygens (including phenoxy) is 4. The van der Waals surface area contributed by atoms with Gasteiger partial charge in [-0.2, -0.15) is 0 Å². The molecular weight excluding hydrogens is 433 g/mol. The number of fused-ring (bicyclic) bond motifs is 1. The van der Waals surface area contributed by atoms with E-state index in [1.54, 1.807) is 7.11 Å². The lowest BCUT2D eigenvalue weighted by Gasteiger charge is -2.21. The highest BCUT2D eigenvalue weighted by molar-refractivity contribution is 7.98. The fraction of sp³-hybridized carbons (Fsp3) is 0.391. The number of halogens is 1. The lowest BCUT2D eigenvalue weighted by Crippen LogP contribution is -2.17. The zero-order chi connectivity index (χ0) is 21.9. The Morgan fingerprint density at radius 2 is 2.09 bits per heavy atom. The Kier molecular flexibility index (Phi) is 6.29. The van der Waals surface area contributed by atoms with Crippen LogP contribution in [0, 0.1) is 5.82 Å². The number of methoxy groups -OCH3 is 1. The maximum atomic E-state index is 14.1. The molecule has 0 amide bonds. The van der Waals surface area contributed by atoms with Gasteiger partial charge in [0.05, 0.1) is 26.4 Å². The number of benzene rings is 2. The van der Waals surface area contributed by atoms with Crippen molar-refractivity contribution < 1.29 is 23.3 Å². The third kappa shape index (κ3) is 4.46. The Labute approximate surface area is 189 Å². The average molecular weight is 458 g/mol. The van der Waals surface area contributed by atoms with Crippen LogP contribution < -0.4 is 9.47 Å².